The van der Waals surface area contributed by atoms with Crippen LogP contribution < -0.4 is 10.2 Å². The van der Waals surface area contributed by atoms with E-state index in [1.54, 1.807) is 18.2 Å². The second kappa shape index (κ2) is 9.48. The van der Waals surface area contributed by atoms with Crippen LogP contribution in [-0.2, 0) is 6.61 Å². The zero-order valence-corrected chi connectivity index (χ0v) is 15.9. The van der Waals surface area contributed by atoms with E-state index in [4.69, 9.17) is 16.3 Å². The van der Waals surface area contributed by atoms with Crippen LogP contribution in [0, 0.1) is 10.1 Å². The molecule has 0 fully saturated rings. The fraction of sp³-hybridized carbons (Fsp3) is 0.0476. The highest BCUT2D eigenvalue weighted by molar-refractivity contribution is 6.30. The van der Waals surface area contributed by atoms with Gasteiger partial charge in [0.25, 0.3) is 11.6 Å². The number of hydrogen-bond acceptors (Lipinski definition) is 5. The van der Waals surface area contributed by atoms with Gasteiger partial charge in [-0.05, 0) is 35.9 Å². The van der Waals surface area contributed by atoms with Crippen LogP contribution in [0.2, 0.25) is 5.02 Å². The second-order valence-electron chi connectivity index (χ2n) is 5.96. The number of carbonyl (C=O) groups excluding carboxylic acids is 1. The van der Waals surface area contributed by atoms with Gasteiger partial charge in [-0.2, -0.15) is 5.10 Å². The van der Waals surface area contributed by atoms with Gasteiger partial charge in [-0.15, -0.1) is 0 Å². The van der Waals surface area contributed by atoms with E-state index in [2.05, 4.69) is 10.5 Å². The maximum absolute atomic E-state index is 12.1. The third-order valence-corrected chi connectivity index (χ3v) is 4.13. The Balaban J connectivity index is 1.65. The highest BCUT2D eigenvalue weighted by Gasteiger charge is 2.10. The van der Waals surface area contributed by atoms with Crippen molar-refractivity contribution in [1.82, 2.24) is 5.43 Å². The van der Waals surface area contributed by atoms with E-state index < -0.39 is 10.8 Å². The van der Waals surface area contributed by atoms with Gasteiger partial charge in [-0.3, -0.25) is 14.9 Å². The molecule has 29 heavy (non-hydrogen) atoms. The highest BCUT2D eigenvalue weighted by atomic mass is 35.5. The summed E-state index contributed by atoms with van der Waals surface area (Å²) in [6, 6.07) is 20.0. The summed E-state index contributed by atoms with van der Waals surface area (Å²) in [5.41, 5.74) is 3.91. The molecule has 7 nitrogen and oxygen atoms in total. The fourth-order valence-corrected chi connectivity index (χ4v) is 2.71. The number of amides is 1. The van der Waals surface area contributed by atoms with E-state index in [1.807, 2.05) is 30.3 Å². The Morgan fingerprint density at radius 1 is 1.10 bits per heavy atom. The molecule has 0 unspecified atom stereocenters. The van der Waals surface area contributed by atoms with Gasteiger partial charge in [-0.25, -0.2) is 5.43 Å². The average molecular weight is 410 g/mol. The molecule has 3 aromatic rings. The first-order chi connectivity index (χ1) is 14.0. The van der Waals surface area contributed by atoms with Crippen molar-refractivity contribution in [2.24, 2.45) is 5.10 Å². The van der Waals surface area contributed by atoms with E-state index in [-0.39, 0.29) is 11.3 Å². The SMILES string of the molecule is O=C(N/N=C\c1ccccc1OCc1cccc(Cl)c1)c1cccc([N+](=O)[O-])c1. The topological polar surface area (TPSA) is 93.8 Å². The summed E-state index contributed by atoms with van der Waals surface area (Å²) in [6.07, 6.45) is 1.45. The molecule has 0 saturated carbocycles. The number of hydrogen-bond donors (Lipinski definition) is 1. The molecule has 0 heterocycles. The van der Waals surface area contributed by atoms with E-state index >= 15 is 0 Å². The number of para-hydroxylation sites is 1. The second-order valence-corrected chi connectivity index (χ2v) is 6.40. The number of ether oxygens (including phenoxy) is 1. The Morgan fingerprint density at radius 2 is 1.90 bits per heavy atom. The van der Waals surface area contributed by atoms with Gasteiger partial charge in [0, 0.05) is 28.3 Å². The predicted molar refractivity (Wildman–Crippen MR) is 110 cm³/mol. The van der Waals surface area contributed by atoms with Crippen LogP contribution >= 0.6 is 11.6 Å². The number of rotatable bonds is 7. The van der Waals surface area contributed by atoms with Crippen LogP contribution in [0.15, 0.2) is 77.9 Å². The molecule has 3 rings (SSSR count). The molecular weight excluding hydrogens is 394 g/mol. The zero-order chi connectivity index (χ0) is 20.6. The summed E-state index contributed by atoms with van der Waals surface area (Å²) in [4.78, 5) is 22.4. The standard InChI is InChI=1S/C21H16ClN3O4/c22-18-8-3-5-15(11-18)14-29-20-10-2-1-6-17(20)13-23-24-21(26)16-7-4-9-19(12-16)25(27)28/h1-13H,14H2,(H,24,26)/b23-13-. The zero-order valence-electron chi connectivity index (χ0n) is 15.1. The molecule has 0 bridgehead atoms. The van der Waals surface area contributed by atoms with E-state index in [0.717, 1.165) is 5.56 Å². The Labute approximate surface area is 171 Å². The molecule has 0 aromatic heterocycles. The van der Waals surface area contributed by atoms with Crippen molar-refractivity contribution >= 4 is 29.4 Å². The fourth-order valence-electron chi connectivity index (χ4n) is 2.49. The molecule has 1 amide bonds. The number of carbonyl (C=O) groups is 1. The minimum Gasteiger partial charge on any atom is -0.488 e. The Bertz CT molecular complexity index is 1070. The van der Waals surface area contributed by atoms with Crippen LogP contribution in [0.4, 0.5) is 5.69 Å². The van der Waals surface area contributed by atoms with Crippen molar-refractivity contribution in [3.63, 3.8) is 0 Å². The monoisotopic (exact) mass is 409 g/mol. The number of benzene rings is 3. The summed E-state index contributed by atoms with van der Waals surface area (Å²) in [5, 5.41) is 15.4. The molecule has 0 aliphatic carbocycles. The lowest BCUT2D eigenvalue weighted by molar-refractivity contribution is -0.384. The molecule has 0 aliphatic heterocycles. The smallest absolute Gasteiger partial charge is 0.271 e. The third kappa shape index (κ3) is 5.63. The van der Waals surface area contributed by atoms with Crippen molar-refractivity contribution in [3.8, 4) is 5.75 Å². The quantitative estimate of drug-likeness (QED) is 0.351. The first-order valence-electron chi connectivity index (χ1n) is 8.57. The number of nitro benzene ring substituents is 1. The molecule has 0 atom stereocenters. The lowest BCUT2D eigenvalue weighted by Crippen LogP contribution is -2.17. The van der Waals surface area contributed by atoms with E-state index in [0.29, 0.717) is 22.9 Å². The van der Waals surface area contributed by atoms with Gasteiger partial charge in [-0.1, -0.05) is 41.9 Å². The molecule has 0 saturated heterocycles. The number of nitrogens with one attached hydrogen (secondary N) is 1. The number of hydrazone groups is 1. The first kappa shape index (κ1) is 20.0. The molecular formula is C21H16ClN3O4. The van der Waals surface area contributed by atoms with Crippen LogP contribution in [-0.4, -0.2) is 17.0 Å². The Hall–Kier alpha value is -3.71. The summed E-state index contributed by atoms with van der Waals surface area (Å²) in [5.74, 6) is 0.0306. The van der Waals surface area contributed by atoms with Crippen LogP contribution in [0.1, 0.15) is 21.5 Å². The number of nitrogens with zero attached hydrogens (tertiary/aromatic N) is 2. The average Bonchev–Trinajstić information content (AvgIpc) is 2.73. The molecule has 146 valence electrons. The highest BCUT2D eigenvalue weighted by Crippen LogP contribution is 2.19. The lowest BCUT2D eigenvalue weighted by atomic mass is 10.2. The van der Waals surface area contributed by atoms with Crippen molar-refractivity contribution in [3.05, 3.63) is 105 Å². The predicted octanol–water partition coefficient (Wildman–Crippen LogP) is 4.59. The minimum atomic E-state index is -0.562. The molecule has 8 heteroatoms. The van der Waals surface area contributed by atoms with Crippen molar-refractivity contribution in [2.45, 2.75) is 6.61 Å². The van der Waals surface area contributed by atoms with Gasteiger partial charge < -0.3 is 4.74 Å². The normalized spacial score (nSPS) is 10.7. The molecule has 1 N–H and O–H groups in total. The van der Waals surface area contributed by atoms with Gasteiger partial charge in [0.15, 0.2) is 0 Å². The van der Waals surface area contributed by atoms with E-state index in [1.165, 1.54) is 30.5 Å². The molecule has 3 aromatic carbocycles. The van der Waals surface area contributed by atoms with Crippen LogP contribution in [0.25, 0.3) is 0 Å². The van der Waals surface area contributed by atoms with Gasteiger partial charge >= 0.3 is 0 Å². The van der Waals surface area contributed by atoms with Crippen LogP contribution in [0.3, 0.4) is 0 Å². The van der Waals surface area contributed by atoms with Gasteiger partial charge in [0.2, 0.25) is 0 Å². The van der Waals surface area contributed by atoms with Crippen molar-refractivity contribution in [1.29, 1.82) is 0 Å². The van der Waals surface area contributed by atoms with Crippen molar-refractivity contribution in [2.75, 3.05) is 0 Å². The number of nitro groups is 1. The number of halogens is 1. The molecule has 0 radical (unpaired) electrons. The number of non-ortho nitro benzene ring substituents is 1. The maximum Gasteiger partial charge on any atom is 0.271 e. The summed E-state index contributed by atoms with van der Waals surface area (Å²) in [6.45, 7) is 0.325. The Morgan fingerprint density at radius 3 is 2.69 bits per heavy atom. The van der Waals surface area contributed by atoms with Gasteiger partial charge in [0.05, 0.1) is 11.1 Å². The largest absolute Gasteiger partial charge is 0.488 e. The van der Waals surface area contributed by atoms with Crippen molar-refractivity contribution < 1.29 is 14.5 Å². The third-order valence-electron chi connectivity index (χ3n) is 3.89. The van der Waals surface area contributed by atoms with Gasteiger partial charge in [0.1, 0.15) is 12.4 Å². The summed E-state index contributed by atoms with van der Waals surface area (Å²) in [7, 11) is 0. The molecule has 0 aliphatic rings. The summed E-state index contributed by atoms with van der Waals surface area (Å²) < 4.78 is 5.82. The Kier molecular flexibility index (Phi) is 6.55. The maximum atomic E-state index is 12.1. The molecule has 0 spiro atoms. The summed E-state index contributed by atoms with van der Waals surface area (Å²) >= 11 is 5.98. The lowest BCUT2D eigenvalue weighted by Gasteiger charge is -2.09. The van der Waals surface area contributed by atoms with Crippen LogP contribution in [0.5, 0.6) is 5.75 Å². The minimum absolute atomic E-state index is 0.141. The first-order valence-corrected chi connectivity index (χ1v) is 8.95. The van der Waals surface area contributed by atoms with E-state index in [9.17, 15) is 14.9 Å².